The molecule has 1 saturated carbocycles. The van der Waals surface area contributed by atoms with Crippen LogP contribution in [0.5, 0.6) is 0 Å². The van der Waals surface area contributed by atoms with E-state index < -0.39 is 5.60 Å². The summed E-state index contributed by atoms with van der Waals surface area (Å²) in [6.45, 7) is 12.4. The Morgan fingerprint density at radius 3 is 2.59 bits per heavy atom. The van der Waals surface area contributed by atoms with Gasteiger partial charge in [0.15, 0.2) is 5.82 Å². The minimum Gasteiger partial charge on any atom is -0.460 e. The molecule has 37 heavy (non-hydrogen) atoms. The van der Waals surface area contributed by atoms with Crippen molar-refractivity contribution in [3.8, 4) is 0 Å². The highest BCUT2D eigenvalue weighted by atomic mass is 19.1. The molecule has 1 aliphatic carbocycles. The van der Waals surface area contributed by atoms with E-state index in [1.54, 1.807) is 12.1 Å². The van der Waals surface area contributed by atoms with Crippen LogP contribution in [0.2, 0.25) is 0 Å². The molecular weight excluding hydrogens is 473 g/mol. The van der Waals surface area contributed by atoms with Crippen LogP contribution in [-0.4, -0.2) is 41.4 Å². The Labute approximate surface area is 220 Å². The van der Waals surface area contributed by atoms with Gasteiger partial charge in [0.2, 0.25) is 0 Å². The van der Waals surface area contributed by atoms with Gasteiger partial charge < -0.3 is 18.9 Å². The molecule has 8 heteroatoms. The van der Waals surface area contributed by atoms with Gasteiger partial charge in [0, 0.05) is 24.6 Å². The number of aromatic nitrogens is 2. The Hall–Kier alpha value is -2.48. The molecule has 2 aromatic rings. The highest BCUT2D eigenvalue weighted by Gasteiger charge is 2.36. The highest BCUT2D eigenvalue weighted by molar-refractivity contribution is 5.73. The lowest BCUT2D eigenvalue weighted by Crippen LogP contribution is -2.37. The molecule has 2 heterocycles. The maximum Gasteiger partial charge on any atom is 0.324 e. The third-order valence-electron chi connectivity index (χ3n) is 7.56. The number of benzene rings is 1. The van der Waals surface area contributed by atoms with Crippen LogP contribution in [0.1, 0.15) is 89.6 Å². The molecule has 2 atom stereocenters. The summed E-state index contributed by atoms with van der Waals surface area (Å²) in [5.41, 5.74) is 0.583. The van der Waals surface area contributed by atoms with Crippen LogP contribution in [-0.2, 0) is 27.3 Å². The summed E-state index contributed by atoms with van der Waals surface area (Å²) < 4.78 is 31.5. The number of nitrogens with zero attached hydrogens (tertiary/aromatic N) is 3. The Bertz CT molecular complexity index is 1040. The average Bonchev–Trinajstić information content (AvgIpc) is 3.49. The predicted octanol–water partition coefficient (Wildman–Crippen LogP) is 6.07. The first-order valence-electron chi connectivity index (χ1n) is 13.7. The van der Waals surface area contributed by atoms with Gasteiger partial charge in [0.1, 0.15) is 11.4 Å². The quantitative estimate of drug-likeness (QED) is 0.375. The molecule has 1 aliphatic heterocycles. The van der Waals surface area contributed by atoms with Crippen LogP contribution in [0.25, 0.3) is 0 Å². The van der Waals surface area contributed by atoms with Gasteiger partial charge in [-0.3, -0.25) is 4.79 Å². The highest BCUT2D eigenvalue weighted by Crippen LogP contribution is 2.42. The van der Waals surface area contributed by atoms with Crippen molar-refractivity contribution in [1.29, 1.82) is 0 Å². The molecule has 2 aliphatic rings. The van der Waals surface area contributed by atoms with Crippen LogP contribution < -0.4 is 4.90 Å². The van der Waals surface area contributed by atoms with Gasteiger partial charge in [-0.1, -0.05) is 37.6 Å². The number of anilines is 1. The second-order valence-corrected chi connectivity index (χ2v) is 12.0. The van der Waals surface area contributed by atoms with Crippen molar-refractivity contribution in [3.63, 3.8) is 0 Å². The molecule has 0 amide bonds. The molecular formula is C29H42FN3O4. The molecule has 4 rings (SSSR count). The molecule has 0 radical (unpaired) electrons. The van der Waals surface area contributed by atoms with Crippen molar-refractivity contribution in [2.75, 3.05) is 24.6 Å². The van der Waals surface area contributed by atoms with E-state index in [9.17, 15) is 9.18 Å². The maximum absolute atomic E-state index is 14.7. The summed E-state index contributed by atoms with van der Waals surface area (Å²) in [6, 6.07) is 5.57. The first-order chi connectivity index (χ1) is 17.6. The van der Waals surface area contributed by atoms with Crippen LogP contribution in [0.4, 0.5) is 10.4 Å². The first-order valence-corrected chi connectivity index (χ1v) is 13.7. The van der Waals surface area contributed by atoms with Crippen molar-refractivity contribution in [2.45, 2.75) is 91.3 Å². The number of hydrogen-bond donors (Lipinski definition) is 0. The second-order valence-electron chi connectivity index (χ2n) is 12.0. The number of carbonyl (C=O) groups is 1. The SMILES string of the molecule is CC(C)c1noc(N2CCC([C@@H]3CCC[C@H]3COCc3ccc(CC(=O)OC(C)(C)C)cc3F)CC2)n1. The van der Waals surface area contributed by atoms with Gasteiger partial charge in [-0.05, 0) is 75.8 Å². The number of halogens is 1. The third-order valence-corrected chi connectivity index (χ3v) is 7.56. The van der Waals surface area contributed by atoms with Crippen molar-refractivity contribution in [1.82, 2.24) is 10.1 Å². The lowest BCUT2D eigenvalue weighted by Gasteiger charge is -2.36. The van der Waals surface area contributed by atoms with E-state index in [-0.39, 0.29) is 30.7 Å². The van der Waals surface area contributed by atoms with E-state index >= 15 is 0 Å². The molecule has 0 spiro atoms. The molecule has 0 N–H and O–H groups in total. The predicted molar refractivity (Wildman–Crippen MR) is 140 cm³/mol. The first kappa shape index (κ1) is 27.6. The topological polar surface area (TPSA) is 77.7 Å². The molecule has 204 valence electrons. The van der Waals surface area contributed by atoms with E-state index in [1.807, 2.05) is 20.8 Å². The molecule has 2 fully saturated rings. The zero-order valence-corrected chi connectivity index (χ0v) is 23.0. The third kappa shape index (κ3) is 7.53. The Kier molecular flexibility index (Phi) is 8.88. The lowest BCUT2D eigenvalue weighted by atomic mass is 9.78. The number of carbonyl (C=O) groups excluding carboxylic acids is 1. The smallest absolute Gasteiger partial charge is 0.324 e. The zero-order chi connectivity index (χ0) is 26.6. The number of rotatable bonds is 9. The summed E-state index contributed by atoms with van der Waals surface area (Å²) in [7, 11) is 0. The number of hydrogen-bond acceptors (Lipinski definition) is 7. The maximum atomic E-state index is 14.7. The zero-order valence-electron chi connectivity index (χ0n) is 23.0. The standard InChI is InChI=1S/C29H42FN3O4/c1-19(2)27-31-28(37-32-27)33-13-11-21(12-14-33)24-8-6-7-22(24)17-35-18-23-10-9-20(15-25(23)30)16-26(34)36-29(3,4)5/h9-10,15,19,21-22,24H,6-8,11-14,16-18H2,1-5H3/t22-,24-/m0/s1. The van der Waals surface area contributed by atoms with Crippen LogP contribution >= 0.6 is 0 Å². The minimum atomic E-state index is -0.551. The Morgan fingerprint density at radius 1 is 1.19 bits per heavy atom. The Morgan fingerprint density at radius 2 is 1.95 bits per heavy atom. The monoisotopic (exact) mass is 515 g/mol. The van der Waals surface area contributed by atoms with Crippen molar-refractivity contribution in [2.24, 2.45) is 17.8 Å². The fourth-order valence-corrected chi connectivity index (χ4v) is 5.68. The number of ether oxygens (including phenoxy) is 2. The largest absolute Gasteiger partial charge is 0.460 e. The Balaban J connectivity index is 1.23. The van der Waals surface area contributed by atoms with Crippen LogP contribution in [0.15, 0.2) is 22.7 Å². The molecule has 0 unspecified atom stereocenters. The molecule has 0 bridgehead atoms. The summed E-state index contributed by atoms with van der Waals surface area (Å²) in [5.74, 6) is 2.17. The van der Waals surface area contributed by atoms with Crippen molar-refractivity contribution >= 4 is 12.0 Å². The van der Waals surface area contributed by atoms with E-state index in [0.717, 1.165) is 31.8 Å². The normalized spacial score (nSPS) is 21.1. The van der Waals surface area contributed by atoms with Crippen molar-refractivity contribution in [3.05, 3.63) is 41.0 Å². The van der Waals surface area contributed by atoms with Gasteiger partial charge >= 0.3 is 12.0 Å². The number of piperidine rings is 1. The second kappa shape index (κ2) is 11.9. The van der Waals surface area contributed by atoms with E-state index in [4.69, 9.17) is 14.0 Å². The van der Waals surface area contributed by atoms with Gasteiger partial charge in [-0.25, -0.2) is 4.39 Å². The van der Waals surface area contributed by atoms with E-state index in [2.05, 4.69) is 28.9 Å². The molecule has 1 saturated heterocycles. The lowest BCUT2D eigenvalue weighted by molar-refractivity contribution is -0.153. The summed E-state index contributed by atoms with van der Waals surface area (Å²) in [5, 5.41) is 4.10. The van der Waals surface area contributed by atoms with Gasteiger partial charge in [-0.2, -0.15) is 4.98 Å². The molecule has 1 aromatic heterocycles. The van der Waals surface area contributed by atoms with Gasteiger partial charge in [-0.15, -0.1) is 0 Å². The average molecular weight is 516 g/mol. The fourth-order valence-electron chi connectivity index (χ4n) is 5.68. The summed E-state index contributed by atoms with van der Waals surface area (Å²) in [6.07, 6.45) is 5.94. The molecule has 1 aromatic carbocycles. The van der Waals surface area contributed by atoms with E-state index in [1.165, 1.54) is 25.3 Å². The van der Waals surface area contributed by atoms with Crippen LogP contribution in [0, 0.1) is 23.6 Å². The van der Waals surface area contributed by atoms with E-state index in [0.29, 0.717) is 41.5 Å². The summed E-state index contributed by atoms with van der Waals surface area (Å²) in [4.78, 5) is 18.8. The minimum absolute atomic E-state index is 0.0588. The number of esters is 1. The van der Waals surface area contributed by atoms with Crippen molar-refractivity contribution < 1.29 is 23.2 Å². The molecule has 7 nitrogen and oxygen atoms in total. The van der Waals surface area contributed by atoms with Gasteiger partial charge in [0.25, 0.3) is 0 Å². The van der Waals surface area contributed by atoms with Crippen LogP contribution in [0.3, 0.4) is 0 Å². The fraction of sp³-hybridized carbons (Fsp3) is 0.690. The summed E-state index contributed by atoms with van der Waals surface area (Å²) >= 11 is 0. The van der Waals surface area contributed by atoms with Gasteiger partial charge in [0.05, 0.1) is 19.6 Å².